The summed E-state index contributed by atoms with van der Waals surface area (Å²) in [4.78, 5) is 11.0. The number of Topliss-reactive ketones (excluding diaryl/α,β-unsaturated/α-hetero) is 1. The molecule has 1 fully saturated rings. The molecule has 3 nitrogen and oxygen atoms in total. The van der Waals surface area contributed by atoms with Crippen LogP contribution in [-0.2, 0) is 4.79 Å². The van der Waals surface area contributed by atoms with Gasteiger partial charge in [0.15, 0.2) is 0 Å². The molecule has 3 heteroatoms. The summed E-state index contributed by atoms with van der Waals surface area (Å²) in [5.41, 5.74) is 4.37. The highest BCUT2D eigenvalue weighted by Gasteiger charge is 2.15. The van der Waals surface area contributed by atoms with Crippen molar-refractivity contribution < 1.29 is 4.79 Å². The van der Waals surface area contributed by atoms with Gasteiger partial charge in [0.05, 0.1) is 0 Å². The summed E-state index contributed by atoms with van der Waals surface area (Å²) in [6, 6.07) is 10.0. The quantitative estimate of drug-likeness (QED) is 0.770. The number of benzene rings is 1. The molecule has 74 valence electrons. The van der Waals surface area contributed by atoms with Crippen LogP contribution < -0.4 is 5.43 Å². The molecule has 0 saturated carbocycles. The van der Waals surface area contributed by atoms with Gasteiger partial charge in [0, 0.05) is 31.6 Å². The number of piperidine rings is 1. The summed E-state index contributed by atoms with van der Waals surface area (Å²) in [6.07, 6.45) is 1.33. The Kier molecular flexibility index (Phi) is 2.79. The number of carbonyl (C=O) groups excluding carboxylic acids is 1. The minimum absolute atomic E-state index is 0.371. The minimum atomic E-state index is 0.371. The zero-order valence-corrected chi connectivity index (χ0v) is 8.07. The van der Waals surface area contributed by atoms with Gasteiger partial charge in [0.25, 0.3) is 0 Å². The van der Waals surface area contributed by atoms with Crippen molar-refractivity contribution in [2.75, 3.05) is 18.5 Å². The van der Waals surface area contributed by atoms with Gasteiger partial charge in [-0.05, 0) is 12.1 Å². The van der Waals surface area contributed by atoms with E-state index < -0.39 is 0 Å². The number of nitrogens with zero attached hydrogens (tertiary/aromatic N) is 1. The zero-order valence-electron chi connectivity index (χ0n) is 8.07. The second kappa shape index (κ2) is 4.24. The third-order valence-electron chi connectivity index (χ3n) is 2.38. The van der Waals surface area contributed by atoms with Gasteiger partial charge in [-0.25, -0.2) is 5.01 Å². The molecule has 1 heterocycles. The lowest BCUT2D eigenvalue weighted by Gasteiger charge is -2.27. The van der Waals surface area contributed by atoms with Crippen LogP contribution in [0.2, 0.25) is 0 Å². The summed E-state index contributed by atoms with van der Waals surface area (Å²) in [5, 5.41) is 2.09. The number of hydrogen-bond donors (Lipinski definition) is 1. The Morgan fingerprint density at radius 1 is 1.07 bits per heavy atom. The topological polar surface area (TPSA) is 32.3 Å². The Balaban J connectivity index is 1.89. The van der Waals surface area contributed by atoms with Crippen LogP contribution in [0, 0.1) is 0 Å². The molecule has 0 spiro atoms. The number of hydrogen-bond acceptors (Lipinski definition) is 3. The Morgan fingerprint density at radius 3 is 2.36 bits per heavy atom. The van der Waals surface area contributed by atoms with E-state index in [1.165, 1.54) is 0 Å². The predicted octanol–water partition coefficient (Wildman–Crippen LogP) is 1.68. The van der Waals surface area contributed by atoms with E-state index >= 15 is 0 Å². The Labute approximate surface area is 83.7 Å². The van der Waals surface area contributed by atoms with Gasteiger partial charge in [-0.15, -0.1) is 0 Å². The van der Waals surface area contributed by atoms with Crippen molar-refractivity contribution in [1.82, 2.24) is 5.01 Å². The summed E-state index contributed by atoms with van der Waals surface area (Å²) in [7, 11) is 0. The largest absolute Gasteiger partial charge is 0.319 e. The molecule has 1 aliphatic rings. The van der Waals surface area contributed by atoms with Crippen LogP contribution in [-0.4, -0.2) is 23.9 Å². The first-order valence-corrected chi connectivity index (χ1v) is 4.93. The second-order valence-electron chi connectivity index (χ2n) is 3.50. The standard InChI is InChI=1S/C11H14N2O/c14-11-6-8-13(9-7-11)12-10-4-2-1-3-5-10/h1-5,12H,6-9H2. The van der Waals surface area contributed by atoms with Crippen molar-refractivity contribution in [2.24, 2.45) is 0 Å². The smallest absolute Gasteiger partial charge is 0.135 e. The molecule has 0 amide bonds. The van der Waals surface area contributed by atoms with Crippen molar-refractivity contribution in [3.05, 3.63) is 30.3 Å². The molecule has 1 saturated heterocycles. The molecule has 0 unspecified atom stereocenters. The van der Waals surface area contributed by atoms with Crippen molar-refractivity contribution in [2.45, 2.75) is 12.8 Å². The SMILES string of the molecule is O=C1CCN(Nc2ccccc2)CC1. The first-order chi connectivity index (χ1) is 6.84. The van der Waals surface area contributed by atoms with E-state index in [1.807, 2.05) is 30.3 Å². The highest BCUT2D eigenvalue weighted by molar-refractivity contribution is 5.79. The monoisotopic (exact) mass is 190 g/mol. The fourth-order valence-electron chi connectivity index (χ4n) is 1.56. The Morgan fingerprint density at radius 2 is 1.71 bits per heavy atom. The van der Waals surface area contributed by atoms with Gasteiger partial charge in [-0.3, -0.25) is 4.79 Å². The van der Waals surface area contributed by atoms with Crippen molar-refractivity contribution in [3.63, 3.8) is 0 Å². The summed E-state index contributed by atoms with van der Waals surface area (Å²) < 4.78 is 0. The summed E-state index contributed by atoms with van der Waals surface area (Å²) in [5.74, 6) is 0.371. The molecule has 14 heavy (non-hydrogen) atoms. The van der Waals surface area contributed by atoms with E-state index in [-0.39, 0.29) is 0 Å². The first kappa shape index (κ1) is 9.21. The Hall–Kier alpha value is -1.35. The fraction of sp³-hybridized carbons (Fsp3) is 0.364. The van der Waals surface area contributed by atoms with E-state index in [2.05, 4.69) is 10.4 Å². The van der Waals surface area contributed by atoms with Crippen LogP contribution in [0.1, 0.15) is 12.8 Å². The number of hydrazine groups is 1. The zero-order chi connectivity index (χ0) is 9.80. The van der Waals surface area contributed by atoms with E-state index in [0.717, 1.165) is 18.8 Å². The van der Waals surface area contributed by atoms with Crippen LogP contribution in [0.3, 0.4) is 0 Å². The maximum atomic E-state index is 11.0. The van der Waals surface area contributed by atoms with Crippen LogP contribution in [0.4, 0.5) is 5.69 Å². The number of carbonyl (C=O) groups is 1. The van der Waals surface area contributed by atoms with E-state index in [1.54, 1.807) is 0 Å². The summed E-state index contributed by atoms with van der Waals surface area (Å²) in [6.45, 7) is 1.63. The number of anilines is 1. The average molecular weight is 190 g/mol. The molecule has 1 aromatic carbocycles. The fourth-order valence-corrected chi connectivity index (χ4v) is 1.56. The summed E-state index contributed by atoms with van der Waals surface area (Å²) >= 11 is 0. The van der Waals surface area contributed by atoms with Crippen molar-refractivity contribution >= 4 is 11.5 Å². The third kappa shape index (κ3) is 2.33. The number of nitrogens with one attached hydrogen (secondary N) is 1. The molecule has 0 radical (unpaired) electrons. The molecule has 0 atom stereocenters. The number of rotatable bonds is 2. The van der Waals surface area contributed by atoms with Gasteiger partial charge in [-0.1, -0.05) is 18.2 Å². The predicted molar refractivity (Wildman–Crippen MR) is 55.9 cm³/mol. The first-order valence-electron chi connectivity index (χ1n) is 4.93. The van der Waals surface area contributed by atoms with Crippen LogP contribution in [0.15, 0.2) is 30.3 Å². The lowest BCUT2D eigenvalue weighted by molar-refractivity contribution is -0.121. The van der Waals surface area contributed by atoms with Crippen LogP contribution >= 0.6 is 0 Å². The molecule has 2 rings (SSSR count). The van der Waals surface area contributed by atoms with Crippen LogP contribution in [0.25, 0.3) is 0 Å². The molecule has 1 N–H and O–H groups in total. The highest BCUT2D eigenvalue weighted by atomic mass is 16.1. The molecular formula is C11H14N2O. The van der Waals surface area contributed by atoms with E-state index in [9.17, 15) is 4.79 Å². The Bertz CT molecular complexity index is 300. The van der Waals surface area contributed by atoms with E-state index in [4.69, 9.17) is 0 Å². The van der Waals surface area contributed by atoms with E-state index in [0.29, 0.717) is 18.6 Å². The lowest BCUT2D eigenvalue weighted by atomic mass is 10.1. The number of para-hydroxylation sites is 1. The molecule has 1 aliphatic heterocycles. The van der Waals surface area contributed by atoms with Crippen LogP contribution in [0.5, 0.6) is 0 Å². The molecule has 0 bridgehead atoms. The lowest BCUT2D eigenvalue weighted by Crippen LogP contribution is -2.37. The van der Waals surface area contributed by atoms with Gasteiger partial charge >= 0.3 is 0 Å². The van der Waals surface area contributed by atoms with Gasteiger partial charge in [0.1, 0.15) is 5.78 Å². The number of ketones is 1. The molecular weight excluding hydrogens is 176 g/mol. The molecule has 0 aromatic heterocycles. The average Bonchev–Trinajstić information content (AvgIpc) is 2.23. The van der Waals surface area contributed by atoms with Gasteiger partial charge in [0.2, 0.25) is 0 Å². The minimum Gasteiger partial charge on any atom is -0.319 e. The van der Waals surface area contributed by atoms with Crippen molar-refractivity contribution in [1.29, 1.82) is 0 Å². The molecule has 0 aliphatic carbocycles. The third-order valence-corrected chi connectivity index (χ3v) is 2.38. The maximum Gasteiger partial charge on any atom is 0.135 e. The maximum absolute atomic E-state index is 11.0. The van der Waals surface area contributed by atoms with Gasteiger partial charge in [-0.2, -0.15) is 0 Å². The second-order valence-corrected chi connectivity index (χ2v) is 3.50. The van der Waals surface area contributed by atoms with Crippen molar-refractivity contribution in [3.8, 4) is 0 Å². The highest BCUT2D eigenvalue weighted by Crippen LogP contribution is 2.10. The molecule has 1 aromatic rings. The van der Waals surface area contributed by atoms with Gasteiger partial charge < -0.3 is 5.43 Å². The normalized spacial score (nSPS) is 18.1.